The zero-order chi connectivity index (χ0) is 19.8. The van der Waals surface area contributed by atoms with Gasteiger partial charge in [0.15, 0.2) is 0 Å². The third-order valence-corrected chi connectivity index (χ3v) is 4.94. The fourth-order valence-electron chi connectivity index (χ4n) is 3.22. The van der Waals surface area contributed by atoms with Gasteiger partial charge in [0.25, 0.3) is 6.43 Å². The summed E-state index contributed by atoms with van der Waals surface area (Å²) in [6, 6.07) is 5.27. The number of amides is 1. The maximum atomic E-state index is 13.6. The van der Waals surface area contributed by atoms with Gasteiger partial charge in [-0.1, -0.05) is 12.1 Å². The minimum Gasteiger partial charge on any atom is -0.340 e. The van der Waals surface area contributed by atoms with E-state index in [1.54, 1.807) is 17.2 Å². The summed E-state index contributed by atoms with van der Waals surface area (Å²) in [5.74, 6) is -0.680. The van der Waals surface area contributed by atoms with Crippen molar-refractivity contribution >= 4 is 16.9 Å². The number of benzene rings is 1. The number of hydrogen-bond donors (Lipinski definition) is 0. The number of rotatable bonds is 5. The maximum Gasteiger partial charge on any atom is 0.266 e. The average molecular weight is 386 g/mol. The van der Waals surface area contributed by atoms with E-state index in [-0.39, 0.29) is 12.5 Å². The SMILES string of the molecule is C=CC1CN(C(=O)Cn2ncc3ncc(-c4ccc(F)c(C(F)F)c4)cc32)C1. The van der Waals surface area contributed by atoms with Gasteiger partial charge in [-0.15, -0.1) is 6.58 Å². The minimum atomic E-state index is -2.91. The van der Waals surface area contributed by atoms with Crippen LogP contribution in [0.4, 0.5) is 13.2 Å². The second kappa shape index (κ2) is 7.10. The molecule has 0 aliphatic carbocycles. The van der Waals surface area contributed by atoms with Crippen LogP contribution >= 0.6 is 0 Å². The van der Waals surface area contributed by atoms with Crippen molar-refractivity contribution in [3.8, 4) is 11.1 Å². The van der Waals surface area contributed by atoms with E-state index in [0.29, 0.717) is 41.2 Å². The summed E-state index contributed by atoms with van der Waals surface area (Å²) in [5.41, 5.74) is 1.49. The lowest BCUT2D eigenvalue weighted by atomic mass is 10.0. The number of aromatic nitrogens is 3. The molecule has 1 aliphatic heterocycles. The third-order valence-electron chi connectivity index (χ3n) is 4.94. The highest BCUT2D eigenvalue weighted by Crippen LogP contribution is 2.29. The Morgan fingerprint density at radius 2 is 2.04 bits per heavy atom. The molecular weight excluding hydrogens is 369 g/mol. The molecule has 0 atom stereocenters. The van der Waals surface area contributed by atoms with Gasteiger partial charge in [0.1, 0.15) is 17.9 Å². The normalized spacial score (nSPS) is 14.5. The lowest BCUT2D eigenvalue weighted by Crippen LogP contribution is -2.50. The highest BCUT2D eigenvalue weighted by atomic mass is 19.3. The van der Waals surface area contributed by atoms with Gasteiger partial charge in [0, 0.05) is 30.8 Å². The predicted molar refractivity (Wildman–Crippen MR) is 98.1 cm³/mol. The summed E-state index contributed by atoms with van der Waals surface area (Å²) in [6.07, 6.45) is 1.99. The van der Waals surface area contributed by atoms with E-state index in [1.165, 1.54) is 16.9 Å². The van der Waals surface area contributed by atoms with Crippen LogP contribution in [0.15, 0.2) is 49.3 Å². The number of carbonyl (C=O) groups is 1. The molecule has 1 aromatic carbocycles. The van der Waals surface area contributed by atoms with Gasteiger partial charge in [-0.25, -0.2) is 13.2 Å². The smallest absolute Gasteiger partial charge is 0.266 e. The van der Waals surface area contributed by atoms with Gasteiger partial charge < -0.3 is 4.90 Å². The second-order valence-electron chi connectivity index (χ2n) is 6.76. The van der Waals surface area contributed by atoms with Crippen molar-refractivity contribution in [2.24, 2.45) is 5.92 Å². The van der Waals surface area contributed by atoms with Crippen molar-refractivity contribution in [2.75, 3.05) is 13.1 Å². The van der Waals surface area contributed by atoms with Gasteiger partial charge in [0.05, 0.1) is 17.3 Å². The number of halogens is 3. The van der Waals surface area contributed by atoms with Crippen LogP contribution in [0, 0.1) is 11.7 Å². The summed E-state index contributed by atoms with van der Waals surface area (Å²) in [6.45, 7) is 5.08. The second-order valence-corrected chi connectivity index (χ2v) is 6.76. The average Bonchev–Trinajstić information content (AvgIpc) is 3.03. The predicted octanol–water partition coefficient (Wildman–Crippen LogP) is 3.82. The molecule has 0 saturated carbocycles. The molecular formula is C20H17F3N4O. The Hall–Kier alpha value is -3.16. The Balaban J connectivity index is 1.62. The summed E-state index contributed by atoms with van der Waals surface area (Å²) in [4.78, 5) is 18.4. The molecule has 8 heteroatoms. The first-order valence-electron chi connectivity index (χ1n) is 8.76. The molecule has 2 aromatic heterocycles. The minimum absolute atomic E-state index is 0.0597. The molecule has 0 N–H and O–H groups in total. The maximum absolute atomic E-state index is 13.6. The van der Waals surface area contributed by atoms with Gasteiger partial charge in [-0.05, 0) is 23.8 Å². The highest BCUT2D eigenvalue weighted by Gasteiger charge is 2.28. The number of nitrogens with zero attached hydrogens (tertiary/aromatic N) is 4. The van der Waals surface area contributed by atoms with Crippen LogP contribution in [0.3, 0.4) is 0 Å². The fourth-order valence-corrected chi connectivity index (χ4v) is 3.22. The van der Waals surface area contributed by atoms with E-state index in [9.17, 15) is 18.0 Å². The van der Waals surface area contributed by atoms with E-state index in [1.807, 2.05) is 6.08 Å². The molecule has 3 aromatic rings. The zero-order valence-electron chi connectivity index (χ0n) is 14.9. The Morgan fingerprint density at radius 3 is 2.75 bits per heavy atom. The monoisotopic (exact) mass is 386 g/mol. The Morgan fingerprint density at radius 1 is 1.25 bits per heavy atom. The van der Waals surface area contributed by atoms with Crippen LogP contribution in [-0.4, -0.2) is 38.7 Å². The molecule has 144 valence electrons. The van der Waals surface area contributed by atoms with Crippen molar-refractivity contribution in [2.45, 2.75) is 13.0 Å². The van der Waals surface area contributed by atoms with Gasteiger partial charge in [-0.2, -0.15) is 5.10 Å². The van der Waals surface area contributed by atoms with E-state index in [0.717, 1.165) is 12.1 Å². The molecule has 3 heterocycles. The number of likely N-dealkylation sites (tertiary alicyclic amines) is 1. The first-order valence-corrected chi connectivity index (χ1v) is 8.76. The van der Waals surface area contributed by atoms with Crippen LogP contribution in [0.25, 0.3) is 22.2 Å². The summed E-state index contributed by atoms with van der Waals surface area (Å²) >= 11 is 0. The topological polar surface area (TPSA) is 51.0 Å². The van der Waals surface area contributed by atoms with Crippen LogP contribution in [0.1, 0.15) is 12.0 Å². The van der Waals surface area contributed by atoms with Crippen molar-refractivity contribution in [1.82, 2.24) is 19.7 Å². The van der Waals surface area contributed by atoms with Gasteiger partial charge >= 0.3 is 0 Å². The first-order chi connectivity index (χ1) is 13.5. The number of pyridine rings is 1. The first kappa shape index (κ1) is 18.2. The van der Waals surface area contributed by atoms with E-state index < -0.39 is 17.8 Å². The Bertz CT molecular complexity index is 1060. The molecule has 1 fully saturated rings. The molecule has 1 aliphatic rings. The van der Waals surface area contributed by atoms with Crippen LogP contribution in [0.2, 0.25) is 0 Å². The quantitative estimate of drug-likeness (QED) is 0.627. The number of hydrogen-bond acceptors (Lipinski definition) is 3. The fraction of sp³-hybridized carbons (Fsp3) is 0.250. The van der Waals surface area contributed by atoms with Gasteiger partial charge in [-0.3, -0.25) is 14.5 Å². The Kier molecular flexibility index (Phi) is 4.62. The standard InChI is InChI=1S/C20H17F3N4O/c1-2-12-9-26(10-12)19(28)11-27-18-6-14(7-24-17(18)8-25-27)13-3-4-16(21)15(5-13)20(22)23/h2-8,12,20H,1,9-11H2. The molecule has 4 rings (SSSR count). The van der Waals surface area contributed by atoms with E-state index in [4.69, 9.17) is 0 Å². The largest absolute Gasteiger partial charge is 0.340 e. The number of carbonyl (C=O) groups excluding carboxylic acids is 1. The molecule has 0 radical (unpaired) electrons. The number of alkyl halides is 2. The summed E-state index contributed by atoms with van der Waals surface area (Å²) in [5, 5.41) is 4.22. The van der Waals surface area contributed by atoms with Gasteiger partial charge in [0.2, 0.25) is 5.91 Å². The van der Waals surface area contributed by atoms with Crippen molar-refractivity contribution in [3.63, 3.8) is 0 Å². The van der Waals surface area contributed by atoms with Crippen LogP contribution < -0.4 is 0 Å². The molecule has 0 unspecified atom stereocenters. The summed E-state index contributed by atoms with van der Waals surface area (Å²) < 4.78 is 41.1. The molecule has 1 amide bonds. The number of fused-ring (bicyclic) bond motifs is 1. The molecule has 28 heavy (non-hydrogen) atoms. The molecule has 0 bridgehead atoms. The van der Waals surface area contributed by atoms with E-state index >= 15 is 0 Å². The van der Waals surface area contributed by atoms with Crippen LogP contribution in [0.5, 0.6) is 0 Å². The molecule has 5 nitrogen and oxygen atoms in total. The third kappa shape index (κ3) is 3.26. The van der Waals surface area contributed by atoms with Crippen LogP contribution in [-0.2, 0) is 11.3 Å². The highest BCUT2D eigenvalue weighted by molar-refractivity contribution is 5.83. The van der Waals surface area contributed by atoms with E-state index in [2.05, 4.69) is 16.7 Å². The van der Waals surface area contributed by atoms with Crippen molar-refractivity contribution in [3.05, 3.63) is 60.7 Å². The molecule has 1 saturated heterocycles. The van der Waals surface area contributed by atoms with Crippen molar-refractivity contribution < 1.29 is 18.0 Å². The zero-order valence-corrected chi connectivity index (χ0v) is 14.9. The van der Waals surface area contributed by atoms with Crippen molar-refractivity contribution in [1.29, 1.82) is 0 Å². The Labute approximate surface area is 159 Å². The molecule has 0 spiro atoms. The lowest BCUT2D eigenvalue weighted by Gasteiger charge is -2.37. The lowest BCUT2D eigenvalue weighted by molar-refractivity contribution is -0.137. The summed E-state index contributed by atoms with van der Waals surface area (Å²) in [7, 11) is 0.